The lowest BCUT2D eigenvalue weighted by Crippen LogP contribution is -3.18. The molecule has 0 aromatic carbocycles. The monoisotopic (exact) mass is 174 g/mol. The number of hydrogen-bond donors (Lipinski definition) is 2. The van der Waals surface area contributed by atoms with E-state index in [2.05, 4.69) is 6.92 Å². The molecular weight excluding hydrogens is 156 g/mol. The maximum atomic E-state index is 11.6. The number of hydrogen-bond acceptors (Lipinski definition) is 3. The zero-order valence-electron chi connectivity index (χ0n) is 7.95. The van der Waals surface area contributed by atoms with Crippen molar-refractivity contribution < 1.29 is 10.3 Å². The van der Waals surface area contributed by atoms with E-state index in [9.17, 15) is 5.21 Å². The first kappa shape index (κ1) is 9.92. The lowest BCUT2D eigenvalue weighted by Gasteiger charge is -2.44. The van der Waals surface area contributed by atoms with Gasteiger partial charge < -0.3 is 15.5 Å². The number of rotatable bonds is 1. The maximum Gasteiger partial charge on any atom is 0.165 e. The van der Waals surface area contributed by atoms with Crippen LogP contribution in [-0.4, -0.2) is 29.5 Å². The van der Waals surface area contributed by atoms with Crippen molar-refractivity contribution in [1.29, 1.82) is 0 Å². The Hall–Kier alpha value is -0.160. The summed E-state index contributed by atoms with van der Waals surface area (Å²) in [6, 6.07) is 0.0957. The number of quaternary nitrogens is 1. The first-order valence-corrected chi connectivity index (χ1v) is 4.49. The van der Waals surface area contributed by atoms with Gasteiger partial charge >= 0.3 is 0 Å². The van der Waals surface area contributed by atoms with E-state index in [1.54, 1.807) is 7.05 Å². The molecule has 12 heavy (non-hydrogen) atoms. The molecule has 1 aliphatic rings. The second-order valence-electron chi connectivity index (χ2n) is 3.84. The van der Waals surface area contributed by atoms with Crippen LogP contribution < -0.4 is 5.06 Å². The molecule has 2 N–H and O–H groups in total. The van der Waals surface area contributed by atoms with Crippen molar-refractivity contribution in [2.45, 2.75) is 38.9 Å². The average Bonchev–Trinajstić information content (AvgIpc) is 2.00. The number of nitrogens with zero attached hydrogens (tertiary/aromatic N) is 1. The Balaban J connectivity index is 2.58. The van der Waals surface area contributed by atoms with Crippen LogP contribution in [-0.2, 0) is 0 Å². The Kier molecular flexibility index (Phi) is 3.06. The summed E-state index contributed by atoms with van der Waals surface area (Å²) in [4.78, 5) is 0. The molecular formula is C8H18N2O2. The van der Waals surface area contributed by atoms with Crippen LogP contribution in [0.2, 0.25) is 0 Å². The van der Waals surface area contributed by atoms with E-state index in [1.165, 1.54) is 0 Å². The smallest absolute Gasteiger partial charge is 0.165 e. The van der Waals surface area contributed by atoms with Crippen molar-refractivity contribution in [3.05, 3.63) is 5.21 Å². The highest BCUT2D eigenvalue weighted by Gasteiger charge is 2.33. The van der Waals surface area contributed by atoms with Gasteiger partial charge in [-0.1, -0.05) is 6.92 Å². The highest BCUT2D eigenvalue weighted by atomic mass is 16.5. The van der Waals surface area contributed by atoms with Crippen molar-refractivity contribution >= 4 is 0 Å². The van der Waals surface area contributed by atoms with Crippen LogP contribution in [0.1, 0.15) is 26.7 Å². The van der Waals surface area contributed by atoms with Crippen molar-refractivity contribution in [3.63, 3.8) is 0 Å². The first-order valence-electron chi connectivity index (χ1n) is 4.49. The van der Waals surface area contributed by atoms with Crippen LogP contribution in [0.3, 0.4) is 0 Å². The Morgan fingerprint density at radius 1 is 1.42 bits per heavy atom. The third-order valence-corrected chi connectivity index (χ3v) is 2.98. The van der Waals surface area contributed by atoms with Crippen molar-refractivity contribution in [2.75, 3.05) is 7.05 Å². The highest BCUT2D eigenvalue weighted by molar-refractivity contribution is 4.69. The summed E-state index contributed by atoms with van der Waals surface area (Å²) in [7, 11) is 1.55. The van der Waals surface area contributed by atoms with Crippen LogP contribution in [0, 0.1) is 11.1 Å². The topological polar surface area (TPSA) is 51.0 Å². The predicted molar refractivity (Wildman–Crippen MR) is 45.5 cm³/mol. The van der Waals surface area contributed by atoms with Crippen LogP contribution in [0.15, 0.2) is 0 Å². The van der Waals surface area contributed by atoms with Crippen molar-refractivity contribution in [2.24, 2.45) is 5.92 Å². The molecule has 1 heterocycles. The standard InChI is InChI=1S/C8H18N2O2/c1-6-4-5-8(9(3)11)10(12)7(6)2/h6-8,10-11H,4-5H2,1-3H3. The minimum Gasteiger partial charge on any atom is -0.633 e. The molecule has 4 heteroatoms. The van der Waals surface area contributed by atoms with Crippen LogP contribution >= 0.6 is 0 Å². The summed E-state index contributed by atoms with van der Waals surface area (Å²) in [5.74, 6) is 0.466. The van der Waals surface area contributed by atoms with Gasteiger partial charge in [-0.25, -0.2) is 0 Å². The zero-order chi connectivity index (χ0) is 9.30. The molecule has 1 saturated heterocycles. The first-order chi connectivity index (χ1) is 5.54. The molecule has 72 valence electrons. The Morgan fingerprint density at radius 3 is 2.50 bits per heavy atom. The SMILES string of the molecule is CC1CCC(N(C)O)[NH+]([O-])C1C. The lowest BCUT2D eigenvalue weighted by atomic mass is 9.92. The molecule has 0 aromatic heterocycles. The molecule has 0 aliphatic carbocycles. The second-order valence-corrected chi connectivity index (χ2v) is 3.84. The van der Waals surface area contributed by atoms with Crippen molar-refractivity contribution in [1.82, 2.24) is 5.06 Å². The summed E-state index contributed by atoms with van der Waals surface area (Å²) in [6.45, 7) is 4.04. The summed E-state index contributed by atoms with van der Waals surface area (Å²) < 4.78 is 0. The summed E-state index contributed by atoms with van der Waals surface area (Å²) in [5.41, 5.74) is 0. The Labute approximate surface area is 73.3 Å². The minimum atomic E-state index is -0.267. The number of piperidine rings is 1. The molecule has 4 nitrogen and oxygen atoms in total. The number of nitrogens with one attached hydrogen (secondary N) is 1. The van der Waals surface area contributed by atoms with Gasteiger partial charge in [-0.3, -0.25) is 0 Å². The zero-order valence-corrected chi connectivity index (χ0v) is 7.95. The van der Waals surface area contributed by atoms with Gasteiger partial charge in [-0.2, -0.15) is 0 Å². The van der Waals surface area contributed by atoms with Gasteiger partial charge in [-0.05, 0) is 13.3 Å². The fraction of sp³-hybridized carbons (Fsp3) is 1.00. The molecule has 1 rings (SSSR count). The second kappa shape index (κ2) is 3.70. The third-order valence-electron chi connectivity index (χ3n) is 2.98. The fourth-order valence-electron chi connectivity index (χ4n) is 1.77. The molecule has 0 radical (unpaired) electrons. The van der Waals surface area contributed by atoms with E-state index in [-0.39, 0.29) is 17.3 Å². The quantitative estimate of drug-likeness (QED) is 0.429. The molecule has 1 aliphatic heterocycles. The van der Waals surface area contributed by atoms with E-state index in [1.807, 2.05) is 6.92 Å². The van der Waals surface area contributed by atoms with Gasteiger partial charge in [0, 0.05) is 19.4 Å². The molecule has 4 unspecified atom stereocenters. The molecule has 1 fully saturated rings. The van der Waals surface area contributed by atoms with E-state index in [0.717, 1.165) is 17.9 Å². The fourth-order valence-corrected chi connectivity index (χ4v) is 1.77. The summed E-state index contributed by atoms with van der Waals surface area (Å²) >= 11 is 0. The van der Waals surface area contributed by atoms with Gasteiger partial charge in [-0.15, -0.1) is 5.06 Å². The predicted octanol–water partition coefficient (Wildman–Crippen LogP) is -0.165. The summed E-state index contributed by atoms with van der Waals surface area (Å²) in [6.07, 6.45) is 1.55. The van der Waals surface area contributed by atoms with E-state index < -0.39 is 0 Å². The number of hydroxylamine groups is 4. The minimum absolute atomic E-state index is 0.0957. The van der Waals surface area contributed by atoms with E-state index in [4.69, 9.17) is 5.21 Å². The van der Waals surface area contributed by atoms with Crippen LogP contribution in [0.5, 0.6) is 0 Å². The Bertz CT molecular complexity index is 152. The van der Waals surface area contributed by atoms with Gasteiger partial charge in [0.15, 0.2) is 6.17 Å². The largest absolute Gasteiger partial charge is 0.633 e. The Morgan fingerprint density at radius 2 is 2.00 bits per heavy atom. The average molecular weight is 174 g/mol. The molecule has 0 aromatic rings. The molecule has 0 spiro atoms. The normalized spacial score (nSPS) is 43.5. The molecule has 0 saturated carbocycles. The van der Waals surface area contributed by atoms with Gasteiger partial charge in [0.05, 0.1) is 6.04 Å². The van der Waals surface area contributed by atoms with Crippen molar-refractivity contribution in [3.8, 4) is 0 Å². The van der Waals surface area contributed by atoms with Gasteiger partial charge in [0.25, 0.3) is 0 Å². The molecule has 0 bridgehead atoms. The van der Waals surface area contributed by atoms with Crippen LogP contribution in [0.25, 0.3) is 0 Å². The van der Waals surface area contributed by atoms with Gasteiger partial charge in [0.1, 0.15) is 0 Å². The van der Waals surface area contributed by atoms with E-state index in [0.29, 0.717) is 5.92 Å². The molecule has 0 amide bonds. The van der Waals surface area contributed by atoms with E-state index >= 15 is 0 Å². The highest BCUT2D eigenvalue weighted by Crippen LogP contribution is 2.15. The van der Waals surface area contributed by atoms with Crippen LogP contribution in [0.4, 0.5) is 0 Å². The summed E-state index contributed by atoms with van der Waals surface area (Å²) in [5, 5.41) is 22.0. The van der Waals surface area contributed by atoms with Gasteiger partial charge in [0.2, 0.25) is 0 Å². The molecule has 4 atom stereocenters. The lowest BCUT2D eigenvalue weighted by molar-refractivity contribution is -0.928. The maximum absolute atomic E-state index is 11.6. The third kappa shape index (κ3) is 1.77.